The first kappa shape index (κ1) is 18.5. The average Bonchev–Trinajstić information content (AvgIpc) is 2.79. The van der Waals surface area contributed by atoms with Gasteiger partial charge in [-0.3, -0.25) is 4.79 Å². The predicted molar refractivity (Wildman–Crippen MR) is 109 cm³/mol. The quantitative estimate of drug-likeness (QED) is 0.808. The van der Waals surface area contributed by atoms with Crippen molar-refractivity contribution in [2.75, 3.05) is 56.2 Å². The van der Waals surface area contributed by atoms with Crippen LogP contribution in [0.15, 0.2) is 42.7 Å². The van der Waals surface area contributed by atoms with E-state index >= 15 is 0 Å². The Morgan fingerprint density at radius 3 is 2.50 bits per heavy atom. The fourth-order valence-corrected chi connectivity index (χ4v) is 4.13. The second-order valence-corrected chi connectivity index (χ2v) is 7.32. The number of hydrogen-bond acceptors (Lipinski definition) is 6. The molecule has 1 unspecified atom stereocenters. The Morgan fingerprint density at radius 1 is 1.00 bits per heavy atom. The lowest BCUT2D eigenvalue weighted by Crippen LogP contribution is -2.52. The summed E-state index contributed by atoms with van der Waals surface area (Å²) in [4.78, 5) is 28.2. The van der Waals surface area contributed by atoms with Gasteiger partial charge in [-0.15, -0.1) is 0 Å². The Morgan fingerprint density at radius 2 is 1.75 bits per heavy atom. The van der Waals surface area contributed by atoms with Gasteiger partial charge in [0.05, 0.1) is 18.7 Å². The molecule has 0 spiro atoms. The van der Waals surface area contributed by atoms with Crippen molar-refractivity contribution in [2.45, 2.75) is 12.8 Å². The summed E-state index contributed by atoms with van der Waals surface area (Å²) in [5.74, 6) is 1.89. The number of benzene rings is 1. The predicted octanol–water partition coefficient (Wildman–Crippen LogP) is 2.05. The molecule has 2 aliphatic rings. The van der Waals surface area contributed by atoms with Crippen LogP contribution in [0, 0.1) is 5.92 Å². The van der Waals surface area contributed by atoms with E-state index in [-0.39, 0.29) is 11.8 Å². The van der Waals surface area contributed by atoms with E-state index in [2.05, 4.69) is 25.8 Å². The fraction of sp³-hybridized carbons (Fsp3) is 0.476. The van der Waals surface area contributed by atoms with E-state index in [9.17, 15) is 4.79 Å². The molecule has 1 atom stereocenters. The normalized spacial score (nSPS) is 20.2. The van der Waals surface area contributed by atoms with E-state index in [1.165, 1.54) is 0 Å². The first-order valence-corrected chi connectivity index (χ1v) is 9.95. The van der Waals surface area contributed by atoms with Gasteiger partial charge in [0.2, 0.25) is 11.9 Å². The molecule has 7 nitrogen and oxygen atoms in total. The molecule has 2 saturated heterocycles. The molecule has 0 saturated carbocycles. The molecule has 1 aromatic carbocycles. The molecule has 7 heteroatoms. The number of para-hydroxylation sites is 2. The fourth-order valence-electron chi connectivity index (χ4n) is 4.13. The Hall–Kier alpha value is -2.83. The molecule has 1 amide bonds. The number of carbonyl (C=O) groups excluding carboxylic acids is 1. The maximum atomic E-state index is 13.1. The van der Waals surface area contributed by atoms with Crippen LogP contribution >= 0.6 is 0 Å². The topological polar surface area (TPSA) is 61.8 Å². The lowest BCUT2D eigenvalue weighted by Gasteiger charge is -2.40. The van der Waals surface area contributed by atoms with Crippen LogP contribution in [0.4, 0.5) is 11.6 Å². The summed E-state index contributed by atoms with van der Waals surface area (Å²) < 4.78 is 5.48. The van der Waals surface area contributed by atoms with Crippen molar-refractivity contribution in [3.05, 3.63) is 42.7 Å². The summed E-state index contributed by atoms with van der Waals surface area (Å²) in [6.45, 7) is 4.75. The minimum atomic E-state index is 0.0235. The summed E-state index contributed by atoms with van der Waals surface area (Å²) in [5.41, 5.74) is 1.10. The van der Waals surface area contributed by atoms with Crippen LogP contribution in [0.25, 0.3) is 0 Å². The second kappa shape index (κ2) is 8.46. The number of rotatable bonds is 4. The van der Waals surface area contributed by atoms with E-state index in [0.29, 0.717) is 6.54 Å². The highest BCUT2D eigenvalue weighted by molar-refractivity contribution is 5.80. The van der Waals surface area contributed by atoms with Crippen LogP contribution in [0.5, 0.6) is 5.75 Å². The van der Waals surface area contributed by atoms with Gasteiger partial charge in [-0.25, -0.2) is 9.97 Å². The SMILES string of the molecule is COc1ccccc1N1CCN(C(=O)C2CCCN(c3ncccn3)C2)CC1. The standard InChI is InChI=1S/C21H27N5O2/c1-28-19-8-3-2-7-18(19)24-12-14-25(15-13-24)20(27)17-6-4-11-26(16-17)21-22-9-5-10-23-21/h2-3,5,7-10,17H,4,6,11-16H2,1H3. The number of nitrogens with zero attached hydrogens (tertiary/aromatic N) is 5. The molecule has 2 aromatic rings. The highest BCUT2D eigenvalue weighted by Gasteiger charge is 2.32. The summed E-state index contributed by atoms with van der Waals surface area (Å²) in [7, 11) is 1.70. The van der Waals surface area contributed by atoms with Gasteiger partial charge in [0.15, 0.2) is 0 Å². The number of anilines is 2. The number of carbonyl (C=O) groups is 1. The van der Waals surface area contributed by atoms with Crippen molar-refractivity contribution in [3.8, 4) is 5.75 Å². The molecule has 1 aromatic heterocycles. The smallest absolute Gasteiger partial charge is 0.227 e. The van der Waals surface area contributed by atoms with E-state index < -0.39 is 0 Å². The summed E-state index contributed by atoms with van der Waals surface area (Å²) >= 11 is 0. The lowest BCUT2D eigenvalue weighted by atomic mass is 9.96. The largest absolute Gasteiger partial charge is 0.495 e. The monoisotopic (exact) mass is 381 g/mol. The zero-order chi connectivity index (χ0) is 19.3. The zero-order valence-electron chi connectivity index (χ0n) is 16.3. The van der Waals surface area contributed by atoms with Crippen molar-refractivity contribution in [1.29, 1.82) is 0 Å². The van der Waals surface area contributed by atoms with Crippen LogP contribution in [0.1, 0.15) is 12.8 Å². The van der Waals surface area contributed by atoms with Crippen LogP contribution < -0.4 is 14.5 Å². The third kappa shape index (κ3) is 3.88. The maximum absolute atomic E-state index is 13.1. The van der Waals surface area contributed by atoms with Gasteiger partial charge in [0, 0.05) is 51.7 Å². The van der Waals surface area contributed by atoms with Crippen molar-refractivity contribution in [1.82, 2.24) is 14.9 Å². The van der Waals surface area contributed by atoms with E-state index in [4.69, 9.17) is 4.74 Å². The molecule has 0 N–H and O–H groups in total. The molecule has 2 fully saturated rings. The van der Waals surface area contributed by atoms with Crippen molar-refractivity contribution >= 4 is 17.5 Å². The maximum Gasteiger partial charge on any atom is 0.227 e. The highest BCUT2D eigenvalue weighted by Crippen LogP contribution is 2.29. The van der Waals surface area contributed by atoms with Gasteiger partial charge in [0.1, 0.15) is 5.75 Å². The molecule has 4 rings (SSSR count). The van der Waals surface area contributed by atoms with Crippen LogP contribution in [-0.4, -0.2) is 67.2 Å². The van der Waals surface area contributed by atoms with Gasteiger partial charge < -0.3 is 19.4 Å². The Balaban J connectivity index is 1.36. The van der Waals surface area contributed by atoms with Gasteiger partial charge in [-0.2, -0.15) is 0 Å². The lowest BCUT2D eigenvalue weighted by molar-refractivity contribution is -0.136. The second-order valence-electron chi connectivity index (χ2n) is 7.32. The van der Waals surface area contributed by atoms with Crippen LogP contribution in [0.3, 0.4) is 0 Å². The molecular formula is C21H27N5O2. The Kier molecular flexibility index (Phi) is 5.60. The van der Waals surface area contributed by atoms with Crippen molar-refractivity contribution in [2.24, 2.45) is 5.92 Å². The van der Waals surface area contributed by atoms with E-state index in [1.54, 1.807) is 19.5 Å². The summed E-state index contributed by atoms with van der Waals surface area (Å²) in [6, 6.07) is 9.88. The molecule has 28 heavy (non-hydrogen) atoms. The number of hydrogen-bond donors (Lipinski definition) is 0. The number of methoxy groups -OCH3 is 1. The number of piperidine rings is 1. The average molecular weight is 381 g/mol. The van der Waals surface area contributed by atoms with Crippen molar-refractivity contribution in [3.63, 3.8) is 0 Å². The van der Waals surface area contributed by atoms with Gasteiger partial charge >= 0.3 is 0 Å². The number of piperazine rings is 1. The number of amides is 1. The minimum absolute atomic E-state index is 0.0235. The van der Waals surface area contributed by atoms with E-state index in [1.807, 2.05) is 29.2 Å². The van der Waals surface area contributed by atoms with E-state index in [0.717, 1.165) is 63.0 Å². The third-order valence-corrected chi connectivity index (χ3v) is 5.62. The number of aromatic nitrogens is 2. The molecular weight excluding hydrogens is 354 g/mol. The van der Waals surface area contributed by atoms with Crippen LogP contribution in [-0.2, 0) is 4.79 Å². The Bertz CT molecular complexity index is 792. The molecule has 0 bridgehead atoms. The highest BCUT2D eigenvalue weighted by atomic mass is 16.5. The molecule has 2 aliphatic heterocycles. The molecule has 0 aliphatic carbocycles. The zero-order valence-corrected chi connectivity index (χ0v) is 16.3. The van der Waals surface area contributed by atoms with Crippen molar-refractivity contribution < 1.29 is 9.53 Å². The van der Waals surface area contributed by atoms with Crippen LogP contribution in [0.2, 0.25) is 0 Å². The third-order valence-electron chi connectivity index (χ3n) is 5.62. The van der Waals surface area contributed by atoms with Gasteiger partial charge in [-0.05, 0) is 31.0 Å². The molecule has 0 radical (unpaired) electrons. The molecule has 3 heterocycles. The summed E-state index contributed by atoms with van der Waals surface area (Å²) in [5, 5.41) is 0. The first-order chi connectivity index (χ1) is 13.8. The first-order valence-electron chi connectivity index (χ1n) is 9.95. The van der Waals surface area contributed by atoms with Gasteiger partial charge in [0.25, 0.3) is 0 Å². The minimum Gasteiger partial charge on any atom is -0.495 e. The van der Waals surface area contributed by atoms with Gasteiger partial charge in [-0.1, -0.05) is 12.1 Å². The summed E-state index contributed by atoms with van der Waals surface area (Å²) in [6.07, 6.45) is 5.44. The molecule has 148 valence electrons. The number of ether oxygens (including phenoxy) is 1. The Labute approximate surface area is 165 Å².